The first kappa shape index (κ1) is 21.9. The fourth-order valence-corrected chi connectivity index (χ4v) is 3.03. The van der Waals surface area contributed by atoms with Gasteiger partial charge in [-0.05, 0) is 24.9 Å². The normalized spacial score (nSPS) is 17.2. The third kappa shape index (κ3) is 7.01. The Balaban J connectivity index is 0.00000338. The molecular formula is C18H26ClN3O4. The molecule has 1 saturated heterocycles. The van der Waals surface area contributed by atoms with Gasteiger partial charge in [0.1, 0.15) is 0 Å². The lowest BCUT2D eigenvalue weighted by atomic mass is 9.98. The van der Waals surface area contributed by atoms with Gasteiger partial charge in [-0.3, -0.25) is 19.3 Å². The molecule has 1 aliphatic heterocycles. The summed E-state index contributed by atoms with van der Waals surface area (Å²) in [6.07, 6.45) is 1.52. The van der Waals surface area contributed by atoms with Gasteiger partial charge in [-0.15, -0.1) is 12.4 Å². The number of carbonyl (C=O) groups excluding carboxylic acids is 2. The molecule has 7 nitrogen and oxygen atoms in total. The van der Waals surface area contributed by atoms with E-state index < -0.39 is 17.8 Å². The Hall–Kier alpha value is -2.12. The van der Waals surface area contributed by atoms with Crippen molar-refractivity contribution in [3.8, 4) is 0 Å². The molecule has 2 rings (SSSR count). The highest BCUT2D eigenvalue weighted by atomic mass is 35.5. The van der Waals surface area contributed by atoms with Crippen molar-refractivity contribution in [2.45, 2.75) is 25.8 Å². The predicted molar refractivity (Wildman–Crippen MR) is 99.7 cm³/mol. The molecule has 0 spiro atoms. The largest absolute Gasteiger partial charge is 0.481 e. The van der Waals surface area contributed by atoms with Gasteiger partial charge in [0, 0.05) is 26.1 Å². The number of carbonyl (C=O) groups is 3. The highest BCUT2D eigenvalue weighted by Crippen LogP contribution is 2.17. The van der Waals surface area contributed by atoms with E-state index in [0.717, 1.165) is 12.0 Å². The first-order valence-corrected chi connectivity index (χ1v) is 8.51. The first-order valence-electron chi connectivity index (χ1n) is 8.51. The minimum atomic E-state index is -0.813. The number of amides is 2. The number of piperidine rings is 1. The molecule has 8 heteroatoms. The average molecular weight is 384 g/mol. The summed E-state index contributed by atoms with van der Waals surface area (Å²) in [5.74, 6) is -1.80. The van der Waals surface area contributed by atoms with Crippen LogP contribution >= 0.6 is 12.4 Å². The van der Waals surface area contributed by atoms with Crippen LogP contribution in [0.2, 0.25) is 0 Å². The molecule has 26 heavy (non-hydrogen) atoms. The number of rotatable bonds is 8. The van der Waals surface area contributed by atoms with E-state index in [2.05, 4.69) is 0 Å². The van der Waals surface area contributed by atoms with Crippen LogP contribution in [0, 0.1) is 5.92 Å². The van der Waals surface area contributed by atoms with E-state index >= 15 is 0 Å². The lowest BCUT2D eigenvalue weighted by Crippen LogP contribution is -2.46. The molecule has 2 amide bonds. The van der Waals surface area contributed by atoms with Gasteiger partial charge < -0.3 is 15.7 Å². The number of hydrogen-bond acceptors (Lipinski definition) is 4. The lowest BCUT2D eigenvalue weighted by molar-refractivity contribution is -0.145. The molecule has 1 atom stereocenters. The number of hydrogen-bond donors (Lipinski definition) is 2. The Labute approximate surface area is 159 Å². The fraction of sp³-hybridized carbons (Fsp3) is 0.500. The van der Waals surface area contributed by atoms with Crippen molar-refractivity contribution in [2.24, 2.45) is 11.7 Å². The van der Waals surface area contributed by atoms with Crippen molar-refractivity contribution in [3.63, 3.8) is 0 Å². The second kappa shape index (κ2) is 10.8. The molecule has 0 bridgehead atoms. The molecule has 0 radical (unpaired) electrons. The molecule has 0 aromatic heterocycles. The van der Waals surface area contributed by atoms with Crippen molar-refractivity contribution >= 4 is 30.2 Å². The molecule has 3 N–H and O–H groups in total. The zero-order valence-electron chi connectivity index (χ0n) is 14.7. The van der Waals surface area contributed by atoms with Crippen molar-refractivity contribution < 1.29 is 19.5 Å². The van der Waals surface area contributed by atoms with Crippen LogP contribution < -0.4 is 5.73 Å². The van der Waals surface area contributed by atoms with Gasteiger partial charge in [0.25, 0.3) is 0 Å². The number of halogens is 1. The second-order valence-corrected chi connectivity index (χ2v) is 6.43. The van der Waals surface area contributed by atoms with Gasteiger partial charge in [-0.1, -0.05) is 30.3 Å². The second-order valence-electron chi connectivity index (χ2n) is 6.43. The van der Waals surface area contributed by atoms with E-state index in [1.165, 1.54) is 0 Å². The highest BCUT2D eigenvalue weighted by Gasteiger charge is 2.27. The summed E-state index contributed by atoms with van der Waals surface area (Å²) in [6, 6.07) is 9.54. The lowest BCUT2D eigenvalue weighted by Gasteiger charge is -2.32. The summed E-state index contributed by atoms with van der Waals surface area (Å²) < 4.78 is 0. The average Bonchev–Trinajstić information content (AvgIpc) is 2.59. The highest BCUT2D eigenvalue weighted by molar-refractivity contribution is 5.85. The van der Waals surface area contributed by atoms with Crippen molar-refractivity contribution in [1.82, 2.24) is 9.80 Å². The van der Waals surface area contributed by atoms with Crippen LogP contribution in [0.4, 0.5) is 0 Å². The van der Waals surface area contributed by atoms with Crippen LogP contribution in [0.3, 0.4) is 0 Å². The standard InChI is InChI=1S/C18H25N3O4.ClH/c19-16(22)8-10-21(11-14-5-2-1-3-6-14)17(23)13-20-9-4-7-15(12-20)18(24)25;/h1-3,5-6,15H,4,7-13H2,(H2,19,22)(H,24,25);1H. The molecule has 1 fully saturated rings. The Kier molecular flexibility index (Phi) is 9.09. The third-order valence-electron chi connectivity index (χ3n) is 4.41. The van der Waals surface area contributed by atoms with Gasteiger partial charge in [-0.2, -0.15) is 0 Å². The summed E-state index contributed by atoms with van der Waals surface area (Å²) >= 11 is 0. The van der Waals surface area contributed by atoms with Gasteiger partial charge in [0.15, 0.2) is 0 Å². The van der Waals surface area contributed by atoms with Crippen LogP contribution in [-0.4, -0.2) is 58.9 Å². The Morgan fingerprint density at radius 1 is 1.23 bits per heavy atom. The van der Waals surface area contributed by atoms with Gasteiger partial charge in [0.2, 0.25) is 11.8 Å². The van der Waals surface area contributed by atoms with Gasteiger partial charge in [0.05, 0.1) is 12.5 Å². The molecular weight excluding hydrogens is 358 g/mol. The summed E-state index contributed by atoms with van der Waals surface area (Å²) in [5.41, 5.74) is 6.19. The van der Waals surface area contributed by atoms with Crippen LogP contribution in [-0.2, 0) is 20.9 Å². The molecule has 1 heterocycles. The number of nitrogens with two attached hydrogens (primary N) is 1. The number of carboxylic acid groups (broad SMARTS) is 1. The zero-order chi connectivity index (χ0) is 18.2. The molecule has 144 valence electrons. The van der Waals surface area contributed by atoms with Crippen LogP contribution in [0.25, 0.3) is 0 Å². The summed E-state index contributed by atoms with van der Waals surface area (Å²) in [4.78, 5) is 38.4. The van der Waals surface area contributed by atoms with Crippen molar-refractivity contribution in [1.29, 1.82) is 0 Å². The molecule has 1 aromatic carbocycles. The maximum atomic E-state index is 12.7. The van der Waals surface area contributed by atoms with Crippen molar-refractivity contribution in [3.05, 3.63) is 35.9 Å². The SMILES string of the molecule is Cl.NC(=O)CCN(Cc1ccccc1)C(=O)CN1CCCC(C(=O)O)C1. The molecule has 1 aromatic rings. The number of likely N-dealkylation sites (tertiary alicyclic amines) is 1. The number of aliphatic carboxylic acids is 1. The minimum Gasteiger partial charge on any atom is -0.481 e. The van der Waals surface area contributed by atoms with Crippen LogP contribution in [0.1, 0.15) is 24.8 Å². The van der Waals surface area contributed by atoms with E-state index in [9.17, 15) is 14.4 Å². The molecule has 1 aliphatic rings. The number of benzene rings is 1. The molecule has 0 saturated carbocycles. The third-order valence-corrected chi connectivity index (χ3v) is 4.41. The van der Waals surface area contributed by atoms with E-state index in [1.54, 1.807) is 4.90 Å². The predicted octanol–water partition coefficient (Wildman–Crippen LogP) is 1.11. The van der Waals surface area contributed by atoms with Crippen molar-refractivity contribution in [2.75, 3.05) is 26.2 Å². The minimum absolute atomic E-state index is 0. The Morgan fingerprint density at radius 3 is 2.54 bits per heavy atom. The molecule has 1 unspecified atom stereocenters. The van der Waals surface area contributed by atoms with E-state index in [4.69, 9.17) is 10.8 Å². The Bertz CT molecular complexity index is 612. The molecule has 0 aliphatic carbocycles. The van der Waals surface area contributed by atoms with Gasteiger partial charge >= 0.3 is 5.97 Å². The monoisotopic (exact) mass is 383 g/mol. The summed E-state index contributed by atoms with van der Waals surface area (Å²) in [6.45, 7) is 1.93. The maximum absolute atomic E-state index is 12.7. The first-order chi connectivity index (χ1) is 12.0. The number of primary amides is 1. The summed E-state index contributed by atoms with van der Waals surface area (Å²) in [7, 11) is 0. The van der Waals surface area contributed by atoms with E-state index in [1.807, 2.05) is 35.2 Å². The maximum Gasteiger partial charge on any atom is 0.307 e. The van der Waals surface area contributed by atoms with E-state index in [0.29, 0.717) is 26.1 Å². The van der Waals surface area contributed by atoms with E-state index in [-0.39, 0.29) is 37.8 Å². The zero-order valence-corrected chi connectivity index (χ0v) is 15.5. The number of carboxylic acids is 1. The Morgan fingerprint density at radius 2 is 1.92 bits per heavy atom. The smallest absolute Gasteiger partial charge is 0.307 e. The number of nitrogens with zero attached hydrogens (tertiary/aromatic N) is 2. The topological polar surface area (TPSA) is 104 Å². The quantitative estimate of drug-likeness (QED) is 0.699. The van der Waals surface area contributed by atoms with Crippen LogP contribution in [0.15, 0.2) is 30.3 Å². The summed E-state index contributed by atoms with van der Waals surface area (Å²) in [5, 5.41) is 9.17. The van der Waals surface area contributed by atoms with Gasteiger partial charge in [-0.25, -0.2) is 0 Å². The van der Waals surface area contributed by atoms with Crippen LogP contribution in [0.5, 0.6) is 0 Å². The fourth-order valence-electron chi connectivity index (χ4n) is 3.03.